The molecule has 1 fully saturated rings. The zero-order valence-electron chi connectivity index (χ0n) is 13.4. The minimum absolute atomic E-state index is 0.344. The molecule has 1 saturated heterocycles. The van der Waals surface area contributed by atoms with Gasteiger partial charge < -0.3 is 18.8 Å². The third-order valence-corrected chi connectivity index (χ3v) is 5.26. The first-order chi connectivity index (χ1) is 11.6. The second-order valence-electron chi connectivity index (χ2n) is 5.47. The highest BCUT2D eigenvalue weighted by atomic mass is 32.2. The van der Waals surface area contributed by atoms with Crippen molar-refractivity contribution in [2.24, 2.45) is 0 Å². The number of hydrogen-bond acceptors (Lipinski definition) is 6. The van der Waals surface area contributed by atoms with Crippen LogP contribution in [-0.2, 0) is 4.74 Å². The standard InChI is InChI=1S/C17H19NO4S2/c1-12-10-16(19)22-15-11-13(2-3-14(12)15)21-8-9-24-17(23)18-4-6-20-7-5-18/h2-3,10-11H,4-9H2,1H3. The van der Waals surface area contributed by atoms with Crippen molar-refractivity contribution in [2.45, 2.75) is 6.92 Å². The third-order valence-electron chi connectivity index (χ3n) is 3.77. The van der Waals surface area contributed by atoms with Crippen molar-refractivity contribution in [1.29, 1.82) is 0 Å². The van der Waals surface area contributed by atoms with Gasteiger partial charge in [0.2, 0.25) is 0 Å². The molecule has 0 aliphatic carbocycles. The molecule has 0 unspecified atom stereocenters. The average Bonchev–Trinajstić information content (AvgIpc) is 2.59. The van der Waals surface area contributed by atoms with E-state index in [0.29, 0.717) is 17.9 Å². The van der Waals surface area contributed by atoms with Crippen LogP contribution in [-0.4, -0.2) is 47.9 Å². The Morgan fingerprint density at radius 3 is 2.92 bits per heavy atom. The van der Waals surface area contributed by atoms with Crippen LogP contribution in [0.2, 0.25) is 0 Å². The van der Waals surface area contributed by atoms with Crippen LogP contribution in [0.5, 0.6) is 5.75 Å². The van der Waals surface area contributed by atoms with Gasteiger partial charge >= 0.3 is 5.63 Å². The molecule has 5 nitrogen and oxygen atoms in total. The van der Waals surface area contributed by atoms with Gasteiger partial charge in [-0.1, -0.05) is 24.0 Å². The van der Waals surface area contributed by atoms with Crippen molar-refractivity contribution >= 4 is 39.3 Å². The first-order valence-corrected chi connectivity index (χ1v) is 9.19. The molecule has 0 amide bonds. The number of nitrogens with zero attached hydrogens (tertiary/aromatic N) is 1. The Balaban J connectivity index is 1.52. The minimum atomic E-state index is -0.344. The molecule has 1 aromatic heterocycles. The quantitative estimate of drug-likeness (QED) is 0.469. The van der Waals surface area contributed by atoms with E-state index in [4.69, 9.17) is 26.1 Å². The van der Waals surface area contributed by atoms with E-state index < -0.39 is 0 Å². The van der Waals surface area contributed by atoms with Crippen LogP contribution in [0.25, 0.3) is 11.0 Å². The van der Waals surface area contributed by atoms with E-state index in [1.165, 1.54) is 6.07 Å². The fourth-order valence-corrected chi connectivity index (χ4v) is 3.66. The summed E-state index contributed by atoms with van der Waals surface area (Å²) in [7, 11) is 0. The Kier molecular flexibility index (Phi) is 5.76. The minimum Gasteiger partial charge on any atom is -0.493 e. The number of morpholine rings is 1. The zero-order chi connectivity index (χ0) is 16.9. The summed E-state index contributed by atoms with van der Waals surface area (Å²) in [6.45, 7) is 5.61. The molecule has 2 heterocycles. The monoisotopic (exact) mass is 365 g/mol. The summed E-state index contributed by atoms with van der Waals surface area (Å²) in [4.78, 5) is 13.6. The van der Waals surface area contributed by atoms with E-state index in [2.05, 4.69) is 4.90 Å². The number of aryl methyl sites for hydroxylation is 1. The highest BCUT2D eigenvalue weighted by Gasteiger charge is 2.13. The third kappa shape index (κ3) is 4.28. The summed E-state index contributed by atoms with van der Waals surface area (Å²) < 4.78 is 17.2. The highest BCUT2D eigenvalue weighted by Crippen LogP contribution is 2.22. The number of thiocarbonyl (C=S) groups is 1. The van der Waals surface area contributed by atoms with Gasteiger partial charge in [-0.15, -0.1) is 0 Å². The summed E-state index contributed by atoms with van der Waals surface area (Å²) in [5.74, 6) is 1.46. The highest BCUT2D eigenvalue weighted by molar-refractivity contribution is 8.22. The summed E-state index contributed by atoms with van der Waals surface area (Å²) in [6, 6.07) is 7.05. The van der Waals surface area contributed by atoms with Crippen LogP contribution in [0.3, 0.4) is 0 Å². The predicted octanol–water partition coefficient (Wildman–Crippen LogP) is 2.83. The van der Waals surface area contributed by atoms with Crippen molar-refractivity contribution in [1.82, 2.24) is 4.90 Å². The summed E-state index contributed by atoms with van der Waals surface area (Å²) >= 11 is 7.04. The number of rotatable bonds is 4. The number of thioether (sulfide) groups is 1. The maximum atomic E-state index is 11.5. The van der Waals surface area contributed by atoms with Crippen molar-refractivity contribution in [3.05, 3.63) is 40.2 Å². The van der Waals surface area contributed by atoms with Gasteiger partial charge in [0.1, 0.15) is 15.7 Å². The molecule has 0 saturated carbocycles. The summed E-state index contributed by atoms with van der Waals surface area (Å²) in [5, 5.41) is 0.921. The fourth-order valence-electron chi connectivity index (χ4n) is 2.52. The second kappa shape index (κ2) is 8.00. The number of fused-ring (bicyclic) bond motifs is 1. The molecule has 1 aliphatic rings. The van der Waals surface area contributed by atoms with Crippen molar-refractivity contribution in [3.8, 4) is 5.75 Å². The number of ether oxygens (including phenoxy) is 2. The summed E-state index contributed by atoms with van der Waals surface area (Å²) in [5.41, 5.74) is 1.11. The van der Waals surface area contributed by atoms with Gasteiger partial charge in [-0.25, -0.2) is 4.79 Å². The van der Waals surface area contributed by atoms with E-state index in [1.807, 2.05) is 19.1 Å². The first-order valence-electron chi connectivity index (χ1n) is 7.80. The molecular weight excluding hydrogens is 346 g/mol. The molecule has 24 heavy (non-hydrogen) atoms. The molecule has 0 N–H and O–H groups in total. The predicted molar refractivity (Wildman–Crippen MR) is 100 cm³/mol. The van der Waals surface area contributed by atoms with E-state index in [9.17, 15) is 4.79 Å². The van der Waals surface area contributed by atoms with Gasteiger partial charge in [-0.05, 0) is 24.6 Å². The lowest BCUT2D eigenvalue weighted by Crippen LogP contribution is -2.38. The lowest BCUT2D eigenvalue weighted by atomic mass is 10.1. The average molecular weight is 365 g/mol. The van der Waals surface area contributed by atoms with Gasteiger partial charge in [0.05, 0.1) is 19.8 Å². The van der Waals surface area contributed by atoms with Crippen LogP contribution in [0.1, 0.15) is 5.56 Å². The molecule has 7 heteroatoms. The molecule has 128 valence electrons. The Bertz CT molecular complexity index is 784. The number of hydrogen-bond donors (Lipinski definition) is 0. The Labute approximate surface area is 149 Å². The van der Waals surface area contributed by atoms with Crippen LogP contribution in [0.15, 0.2) is 33.5 Å². The Morgan fingerprint density at radius 2 is 2.12 bits per heavy atom. The van der Waals surface area contributed by atoms with Crippen LogP contribution < -0.4 is 10.4 Å². The van der Waals surface area contributed by atoms with E-state index in [0.717, 1.165) is 47.3 Å². The first kappa shape index (κ1) is 17.3. The maximum Gasteiger partial charge on any atom is 0.336 e. The molecular formula is C17H19NO4S2. The van der Waals surface area contributed by atoms with Crippen molar-refractivity contribution in [3.63, 3.8) is 0 Å². The van der Waals surface area contributed by atoms with E-state index in [-0.39, 0.29) is 5.63 Å². The fraction of sp³-hybridized carbons (Fsp3) is 0.412. The second-order valence-corrected chi connectivity index (χ2v) is 7.20. The van der Waals surface area contributed by atoms with Crippen molar-refractivity contribution < 1.29 is 13.9 Å². The number of benzene rings is 1. The molecule has 3 rings (SSSR count). The normalized spacial score (nSPS) is 14.8. The van der Waals surface area contributed by atoms with Gasteiger partial charge in [-0.3, -0.25) is 0 Å². The smallest absolute Gasteiger partial charge is 0.336 e. The van der Waals surface area contributed by atoms with Gasteiger partial charge in [-0.2, -0.15) is 0 Å². The molecule has 0 radical (unpaired) electrons. The molecule has 2 aromatic rings. The molecule has 1 aliphatic heterocycles. The SMILES string of the molecule is Cc1cc(=O)oc2cc(OCCSC(=S)N3CCOCC3)ccc12. The van der Waals surface area contributed by atoms with Gasteiger partial charge in [0.25, 0.3) is 0 Å². The van der Waals surface area contributed by atoms with Gasteiger partial charge in [0, 0.05) is 36.4 Å². The van der Waals surface area contributed by atoms with Crippen LogP contribution >= 0.6 is 24.0 Å². The van der Waals surface area contributed by atoms with Gasteiger partial charge in [0.15, 0.2) is 0 Å². The molecule has 0 spiro atoms. The lowest BCUT2D eigenvalue weighted by Gasteiger charge is -2.28. The Morgan fingerprint density at radius 1 is 1.33 bits per heavy atom. The van der Waals surface area contributed by atoms with E-state index >= 15 is 0 Å². The largest absolute Gasteiger partial charge is 0.493 e. The lowest BCUT2D eigenvalue weighted by molar-refractivity contribution is 0.0702. The molecule has 0 bridgehead atoms. The van der Waals surface area contributed by atoms with E-state index in [1.54, 1.807) is 17.8 Å². The topological polar surface area (TPSA) is 51.9 Å². The maximum absolute atomic E-state index is 11.5. The summed E-state index contributed by atoms with van der Waals surface area (Å²) in [6.07, 6.45) is 0. The van der Waals surface area contributed by atoms with Crippen LogP contribution in [0, 0.1) is 6.92 Å². The molecule has 1 aromatic carbocycles. The molecule has 0 atom stereocenters. The van der Waals surface area contributed by atoms with Crippen molar-refractivity contribution in [2.75, 3.05) is 38.7 Å². The Hall–Kier alpha value is -1.57. The van der Waals surface area contributed by atoms with Crippen LogP contribution in [0.4, 0.5) is 0 Å². The zero-order valence-corrected chi connectivity index (χ0v) is 15.1.